The number of hydrogen-bond acceptors (Lipinski definition) is 5. The normalized spacial score (nSPS) is 19.0. The van der Waals surface area contributed by atoms with Gasteiger partial charge in [-0.3, -0.25) is 14.3 Å². The summed E-state index contributed by atoms with van der Waals surface area (Å²) in [6, 6.07) is -0.0139. The number of carbonyl (C=O) groups excluding carboxylic acids is 2. The second-order valence-electron chi connectivity index (χ2n) is 7.67. The van der Waals surface area contributed by atoms with Crippen molar-refractivity contribution in [3.63, 3.8) is 0 Å². The van der Waals surface area contributed by atoms with E-state index in [4.69, 9.17) is 4.98 Å². The SMILES string of the molecule is CC(=O)N1CCCC1c1ncc2c(n1)CCN(C(=O)CCn1cc(C)cn1)C2. The van der Waals surface area contributed by atoms with E-state index in [2.05, 4.69) is 10.1 Å². The maximum atomic E-state index is 12.6. The van der Waals surface area contributed by atoms with Crippen LogP contribution in [-0.4, -0.2) is 54.5 Å². The summed E-state index contributed by atoms with van der Waals surface area (Å²) in [5.74, 6) is 0.940. The summed E-state index contributed by atoms with van der Waals surface area (Å²) in [7, 11) is 0. The molecule has 1 unspecified atom stereocenters. The largest absolute Gasteiger partial charge is 0.338 e. The minimum absolute atomic E-state index is 0.0139. The zero-order valence-electron chi connectivity index (χ0n) is 16.5. The Labute approximate surface area is 164 Å². The molecule has 8 heteroatoms. The molecule has 1 fully saturated rings. The molecule has 4 heterocycles. The van der Waals surface area contributed by atoms with Crippen molar-refractivity contribution in [3.05, 3.63) is 41.2 Å². The van der Waals surface area contributed by atoms with Gasteiger partial charge in [0.05, 0.1) is 17.9 Å². The van der Waals surface area contributed by atoms with Gasteiger partial charge in [-0.25, -0.2) is 9.97 Å². The molecule has 0 aromatic carbocycles. The smallest absolute Gasteiger partial charge is 0.224 e. The Kier molecular flexibility index (Phi) is 5.11. The Hall–Kier alpha value is -2.77. The first kappa shape index (κ1) is 18.6. The van der Waals surface area contributed by atoms with Crippen molar-refractivity contribution in [1.29, 1.82) is 0 Å². The van der Waals surface area contributed by atoms with E-state index in [0.29, 0.717) is 26.1 Å². The molecule has 0 radical (unpaired) electrons. The molecule has 4 rings (SSSR count). The van der Waals surface area contributed by atoms with E-state index in [1.807, 2.05) is 33.8 Å². The Morgan fingerprint density at radius 3 is 2.86 bits per heavy atom. The van der Waals surface area contributed by atoms with Crippen LogP contribution in [0.2, 0.25) is 0 Å². The van der Waals surface area contributed by atoms with E-state index >= 15 is 0 Å². The highest BCUT2D eigenvalue weighted by Crippen LogP contribution is 2.30. The molecular formula is C20H26N6O2. The van der Waals surface area contributed by atoms with Crippen LogP contribution in [0.1, 0.15) is 54.9 Å². The van der Waals surface area contributed by atoms with Crippen molar-refractivity contribution < 1.29 is 9.59 Å². The molecular weight excluding hydrogens is 356 g/mol. The lowest BCUT2D eigenvalue weighted by Gasteiger charge is -2.29. The zero-order chi connectivity index (χ0) is 19.7. The lowest BCUT2D eigenvalue weighted by Crippen LogP contribution is -2.37. The number of fused-ring (bicyclic) bond motifs is 1. The highest BCUT2D eigenvalue weighted by Gasteiger charge is 2.31. The fraction of sp³-hybridized carbons (Fsp3) is 0.550. The molecule has 2 amide bonds. The van der Waals surface area contributed by atoms with Gasteiger partial charge in [-0.2, -0.15) is 5.10 Å². The predicted molar refractivity (Wildman–Crippen MR) is 102 cm³/mol. The number of rotatable bonds is 4. The Balaban J connectivity index is 1.40. The maximum Gasteiger partial charge on any atom is 0.224 e. The molecule has 8 nitrogen and oxygen atoms in total. The van der Waals surface area contributed by atoms with E-state index in [9.17, 15) is 9.59 Å². The number of likely N-dealkylation sites (tertiary alicyclic amines) is 1. The van der Waals surface area contributed by atoms with Crippen LogP contribution in [0.4, 0.5) is 0 Å². The first-order valence-corrected chi connectivity index (χ1v) is 9.90. The van der Waals surface area contributed by atoms with E-state index in [-0.39, 0.29) is 17.9 Å². The summed E-state index contributed by atoms with van der Waals surface area (Å²) in [6.45, 7) is 6.18. The van der Waals surface area contributed by atoms with E-state index < -0.39 is 0 Å². The van der Waals surface area contributed by atoms with Crippen molar-refractivity contribution in [2.24, 2.45) is 0 Å². The zero-order valence-corrected chi connectivity index (χ0v) is 16.5. The van der Waals surface area contributed by atoms with Crippen molar-refractivity contribution in [3.8, 4) is 0 Å². The first-order valence-electron chi connectivity index (χ1n) is 9.90. The summed E-state index contributed by atoms with van der Waals surface area (Å²) in [6.07, 6.45) is 8.65. The van der Waals surface area contributed by atoms with Gasteiger partial charge in [-0.15, -0.1) is 0 Å². The summed E-state index contributed by atoms with van der Waals surface area (Å²) in [5, 5.41) is 4.23. The fourth-order valence-electron chi connectivity index (χ4n) is 4.07. The molecule has 0 saturated carbocycles. The van der Waals surface area contributed by atoms with Crippen LogP contribution in [0.25, 0.3) is 0 Å². The minimum atomic E-state index is -0.0139. The predicted octanol–water partition coefficient (Wildman–Crippen LogP) is 1.64. The monoisotopic (exact) mass is 382 g/mol. The quantitative estimate of drug-likeness (QED) is 0.803. The van der Waals surface area contributed by atoms with Crippen molar-refractivity contribution in [1.82, 2.24) is 29.5 Å². The third-order valence-electron chi connectivity index (χ3n) is 5.58. The van der Waals surface area contributed by atoms with Crippen LogP contribution in [0.3, 0.4) is 0 Å². The van der Waals surface area contributed by atoms with Gasteiger partial charge in [0.1, 0.15) is 0 Å². The Bertz CT molecular complexity index is 893. The van der Waals surface area contributed by atoms with Gasteiger partial charge in [-0.1, -0.05) is 0 Å². The minimum Gasteiger partial charge on any atom is -0.338 e. The molecule has 0 bridgehead atoms. The standard InChI is InChI=1S/C20H26N6O2/c1-14-10-22-25(12-14)9-6-19(28)24-8-5-17-16(13-24)11-21-20(23-17)18-4-3-7-26(18)15(2)27/h10-12,18H,3-9,13H2,1-2H3. The average molecular weight is 382 g/mol. The Morgan fingerprint density at radius 1 is 1.25 bits per heavy atom. The molecule has 0 aliphatic carbocycles. The molecule has 0 N–H and O–H groups in total. The van der Waals surface area contributed by atoms with Crippen molar-refractivity contribution in [2.75, 3.05) is 13.1 Å². The van der Waals surface area contributed by atoms with Gasteiger partial charge >= 0.3 is 0 Å². The van der Waals surface area contributed by atoms with Crippen LogP contribution in [0.5, 0.6) is 0 Å². The highest BCUT2D eigenvalue weighted by molar-refractivity contribution is 5.76. The summed E-state index contributed by atoms with van der Waals surface area (Å²) < 4.78 is 1.81. The van der Waals surface area contributed by atoms with Gasteiger partial charge in [0.15, 0.2) is 5.82 Å². The molecule has 2 aliphatic heterocycles. The Morgan fingerprint density at radius 2 is 2.11 bits per heavy atom. The summed E-state index contributed by atoms with van der Waals surface area (Å²) in [4.78, 5) is 37.4. The molecule has 2 aliphatic rings. The lowest BCUT2D eigenvalue weighted by molar-refractivity contribution is -0.132. The molecule has 1 atom stereocenters. The molecule has 0 spiro atoms. The summed E-state index contributed by atoms with van der Waals surface area (Å²) in [5.41, 5.74) is 3.11. The molecule has 148 valence electrons. The van der Waals surface area contributed by atoms with Crippen LogP contribution in [0, 0.1) is 6.92 Å². The first-order chi connectivity index (χ1) is 13.5. The van der Waals surface area contributed by atoms with Gasteiger partial charge < -0.3 is 9.80 Å². The van der Waals surface area contributed by atoms with Crippen LogP contribution in [0.15, 0.2) is 18.6 Å². The third kappa shape index (κ3) is 3.76. The summed E-state index contributed by atoms with van der Waals surface area (Å²) >= 11 is 0. The number of hydrogen-bond donors (Lipinski definition) is 0. The van der Waals surface area contributed by atoms with Crippen molar-refractivity contribution >= 4 is 11.8 Å². The number of carbonyl (C=O) groups is 2. The van der Waals surface area contributed by atoms with E-state index in [0.717, 1.165) is 48.5 Å². The van der Waals surface area contributed by atoms with Gasteiger partial charge in [0, 0.05) is 63.9 Å². The molecule has 2 aromatic rings. The topological polar surface area (TPSA) is 84.2 Å². The van der Waals surface area contributed by atoms with Crippen LogP contribution < -0.4 is 0 Å². The van der Waals surface area contributed by atoms with E-state index in [1.165, 1.54) is 0 Å². The van der Waals surface area contributed by atoms with Gasteiger partial charge in [0.2, 0.25) is 11.8 Å². The second-order valence-corrected chi connectivity index (χ2v) is 7.67. The number of amides is 2. The maximum absolute atomic E-state index is 12.6. The third-order valence-corrected chi connectivity index (χ3v) is 5.58. The van der Waals surface area contributed by atoms with Crippen molar-refractivity contribution in [2.45, 2.75) is 58.7 Å². The van der Waals surface area contributed by atoms with Gasteiger partial charge in [0.25, 0.3) is 0 Å². The lowest BCUT2D eigenvalue weighted by atomic mass is 10.1. The number of aryl methyl sites for hydroxylation is 2. The average Bonchev–Trinajstić information content (AvgIpc) is 3.34. The number of nitrogens with zero attached hydrogens (tertiary/aromatic N) is 6. The van der Waals surface area contributed by atoms with Crippen LogP contribution in [-0.2, 0) is 29.1 Å². The molecule has 1 saturated heterocycles. The fourth-order valence-corrected chi connectivity index (χ4v) is 4.07. The second kappa shape index (κ2) is 7.69. The van der Waals surface area contributed by atoms with Crippen LogP contribution >= 0.6 is 0 Å². The molecule has 28 heavy (non-hydrogen) atoms. The van der Waals surface area contributed by atoms with Gasteiger partial charge in [-0.05, 0) is 25.3 Å². The molecule has 2 aromatic heterocycles. The highest BCUT2D eigenvalue weighted by atomic mass is 16.2. The number of aromatic nitrogens is 4. The van der Waals surface area contributed by atoms with E-state index in [1.54, 1.807) is 13.1 Å².